The highest BCUT2D eigenvalue weighted by Gasteiger charge is 2.30. The van der Waals surface area contributed by atoms with Gasteiger partial charge in [0.25, 0.3) is 0 Å². The van der Waals surface area contributed by atoms with Crippen molar-refractivity contribution in [2.24, 2.45) is 0 Å². The van der Waals surface area contributed by atoms with Crippen molar-refractivity contribution >= 4 is 27.5 Å². The lowest BCUT2D eigenvalue weighted by Gasteiger charge is -2.34. The number of aryl methyl sites for hydroxylation is 2. The first-order valence-electron chi connectivity index (χ1n) is 10.5. The molecule has 8 nitrogen and oxygen atoms in total. The molecular weight excluding hydrogens is 445 g/mol. The molecule has 1 saturated heterocycles. The van der Waals surface area contributed by atoms with Crippen molar-refractivity contribution in [3.05, 3.63) is 65.6 Å². The van der Waals surface area contributed by atoms with Gasteiger partial charge in [-0.2, -0.15) is 9.29 Å². The highest BCUT2D eigenvalue weighted by Crippen LogP contribution is 2.25. The fourth-order valence-electron chi connectivity index (χ4n) is 3.63. The number of hydrogen-bond donors (Lipinski definition) is 1. The second-order valence-corrected chi connectivity index (χ2v) is 9.81. The summed E-state index contributed by atoms with van der Waals surface area (Å²) in [6.45, 7) is 5.25. The van der Waals surface area contributed by atoms with Crippen molar-refractivity contribution in [2.75, 3.05) is 43.5 Å². The number of benzene rings is 2. The monoisotopic (exact) mass is 471 g/mol. The molecule has 3 aromatic rings. The average molecular weight is 472 g/mol. The normalized spacial score (nSPS) is 14.8. The lowest BCUT2D eigenvalue weighted by atomic mass is 10.2. The average Bonchev–Trinajstić information content (AvgIpc) is 2.80. The van der Waals surface area contributed by atoms with Crippen LogP contribution in [0.25, 0.3) is 0 Å². The van der Waals surface area contributed by atoms with E-state index in [0.29, 0.717) is 24.9 Å². The molecular formula is C23H26FN5O3S. The molecule has 33 heavy (non-hydrogen) atoms. The number of halogens is 1. The molecule has 0 amide bonds. The standard InChI is InChI=1S/C23H26FN5O3S/c1-16-4-6-18(7-5-16)26-22-14-17(2)25-23(27-22)28-10-12-29(13-11-28)33(30,31)19-8-9-21(32-3)20(24)15-19/h4-9,14-15H,10-13H2,1-3H3,(H,25,26,27). The largest absolute Gasteiger partial charge is 0.494 e. The van der Waals surface area contributed by atoms with Gasteiger partial charge in [0.15, 0.2) is 11.6 Å². The minimum Gasteiger partial charge on any atom is -0.494 e. The SMILES string of the molecule is COc1ccc(S(=O)(=O)N2CCN(c3nc(C)cc(Nc4ccc(C)cc4)n3)CC2)cc1F. The maximum atomic E-state index is 14.0. The Hall–Kier alpha value is -3.24. The zero-order valence-corrected chi connectivity index (χ0v) is 19.6. The van der Waals surface area contributed by atoms with Crippen LogP contribution in [-0.2, 0) is 10.0 Å². The Morgan fingerprint density at radius 2 is 1.67 bits per heavy atom. The van der Waals surface area contributed by atoms with Crippen LogP contribution in [0.15, 0.2) is 53.4 Å². The van der Waals surface area contributed by atoms with E-state index in [0.717, 1.165) is 17.4 Å². The zero-order valence-electron chi connectivity index (χ0n) is 18.7. The number of ether oxygens (including phenoxy) is 1. The maximum absolute atomic E-state index is 14.0. The van der Waals surface area contributed by atoms with E-state index in [4.69, 9.17) is 4.74 Å². The van der Waals surface area contributed by atoms with Gasteiger partial charge in [-0.05, 0) is 44.2 Å². The van der Waals surface area contributed by atoms with Gasteiger partial charge in [0, 0.05) is 43.6 Å². The Morgan fingerprint density at radius 3 is 2.30 bits per heavy atom. The summed E-state index contributed by atoms with van der Waals surface area (Å²) in [5.74, 6) is 0.506. The molecule has 0 saturated carbocycles. The van der Waals surface area contributed by atoms with Crippen molar-refractivity contribution in [1.29, 1.82) is 0 Å². The molecule has 0 spiro atoms. The first-order chi connectivity index (χ1) is 15.8. The van der Waals surface area contributed by atoms with Crippen LogP contribution in [-0.4, -0.2) is 56.0 Å². The van der Waals surface area contributed by atoms with Gasteiger partial charge >= 0.3 is 0 Å². The third-order valence-electron chi connectivity index (χ3n) is 5.45. The molecule has 4 rings (SSSR count). The molecule has 1 aliphatic rings. The number of rotatable bonds is 6. The summed E-state index contributed by atoms with van der Waals surface area (Å²) in [6.07, 6.45) is 0. The zero-order chi connectivity index (χ0) is 23.6. The first kappa shape index (κ1) is 22.9. The molecule has 2 heterocycles. The molecule has 1 aromatic heterocycles. The topological polar surface area (TPSA) is 87.7 Å². The number of anilines is 3. The molecule has 0 aliphatic carbocycles. The summed E-state index contributed by atoms with van der Waals surface area (Å²) < 4.78 is 46.2. The summed E-state index contributed by atoms with van der Waals surface area (Å²) in [7, 11) is -2.48. The van der Waals surface area contributed by atoms with Crippen LogP contribution in [0.4, 0.5) is 21.8 Å². The summed E-state index contributed by atoms with van der Waals surface area (Å²) in [4.78, 5) is 11.0. The van der Waals surface area contributed by atoms with Crippen molar-refractivity contribution in [2.45, 2.75) is 18.7 Å². The van der Waals surface area contributed by atoms with Gasteiger partial charge in [-0.15, -0.1) is 0 Å². The van der Waals surface area contributed by atoms with Crippen LogP contribution < -0.4 is 15.0 Å². The minimum atomic E-state index is -3.82. The summed E-state index contributed by atoms with van der Waals surface area (Å²) in [5, 5.41) is 3.29. The highest BCUT2D eigenvalue weighted by atomic mass is 32.2. The Labute approximate surface area is 193 Å². The van der Waals surface area contributed by atoms with E-state index < -0.39 is 15.8 Å². The Bertz CT molecular complexity index is 1240. The molecule has 10 heteroatoms. The smallest absolute Gasteiger partial charge is 0.243 e. The number of nitrogens with one attached hydrogen (secondary N) is 1. The van der Waals surface area contributed by atoms with Gasteiger partial charge in [0.05, 0.1) is 12.0 Å². The third-order valence-corrected chi connectivity index (χ3v) is 7.34. The summed E-state index contributed by atoms with van der Waals surface area (Å²) >= 11 is 0. The van der Waals surface area contributed by atoms with Crippen LogP contribution >= 0.6 is 0 Å². The van der Waals surface area contributed by atoms with Crippen molar-refractivity contribution in [1.82, 2.24) is 14.3 Å². The number of hydrogen-bond acceptors (Lipinski definition) is 7. The quantitative estimate of drug-likeness (QED) is 0.589. The fourth-order valence-corrected chi connectivity index (χ4v) is 5.06. The Kier molecular flexibility index (Phi) is 6.48. The lowest BCUT2D eigenvalue weighted by Crippen LogP contribution is -2.49. The van der Waals surface area contributed by atoms with Crippen LogP contribution in [0.3, 0.4) is 0 Å². The number of piperazine rings is 1. The van der Waals surface area contributed by atoms with E-state index in [2.05, 4.69) is 15.3 Å². The second-order valence-electron chi connectivity index (χ2n) is 7.87. The molecule has 0 unspecified atom stereocenters. The molecule has 1 aliphatic heterocycles. The number of sulfonamides is 1. The maximum Gasteiger partial charge on any atom is 0.243 e. The van der Waals surface area contributed by atoms with Crippen LogP contribution in [0.2, 0.25) is 0 Å². The van der Waals surface area contributed by atoms with E-state index >= 15 is 0 Å². The van der Waals surface area contributed by atoms with Gasteiger partial charge < -0.3 is 15.0 Å². The number of methoxy groups -OCH3 is 1. The van der Waals surface area contributed by atoms with E-state index in [1.165, 1.54) is 29.1 Å². The van der Waals surface area contributed by atoms with Gasteiger partial charge in [-0.1, -0.05) is 17.7 Å². The van der Waals surface area contributed by atoms with Crippen LogP contribution in [0.1, 0.15) is 11.3 Å². The number of aromatic nitrogens is 2. The van der Waals surface area contributed by atoms with Gasteiger partial charge in [-0.3, -0.25) is 0 Å². The second kappa shape index (κ2) is 9.32. The Morgan fingerprint density at radius 1 is 0.970 bits per heavy atom. The van der Waals surface area contributed by atoms with Crippen molar-refractivity contribution in [3.8, 4) is 5.75 Å². The molecule has 1 N–H and O–H groups in total. The molecule has 2 aromatic carbocycles. The fraction of sp³-hybridized carbons (Fsp3) is 0.304. The minimum absolute atomic E-state index is 0.00502. The molecule has 0 bridgehead atoms. The molecule has 174 valence electrons. The molecule has 0 atom stereocenters. The predicted molar refractivity (Wildman–Crippen MR) is 125 cm³/mol. The lowest BCUT2D eigenvalue weighted by molar-refractivity contribution is 0.378. The van der Waals surface area contributed by atoms with Crippen molar-refractivity contribution in [3.63, 3.8) is 0 Å². The van der Waals surface area contributed by atoms with E-state index in [-0.39, 0.29) is 23.7 Å². The molecule has 1 fully saturated rings. The Balaban J connectivity index is 1.46. The van der Waals surface area contributed by atoms with E-state index in [1.54, 1.807) is 0 Å². The number of nitrogens with zero attached hydrogens (tertiary/aromatic N) is 4. The summed E-state index contributed by atoms with van der Waals surface area (Å²) in [6, 6.07) is 13.5. The van der Waals surface area contributed by atoms with E-state index in [1.807, 2.05) is 49.1 Å². The predicted octanol–water partition coefficient (Wildman–Crippen LogP) is 3.50. The highest BCUT2D eigenvalue weighted by molar-refractivity contribution is 7.89. The van der Waals surface area contributed by atoms with Gasteiger partial charge in [-0.25, -0.2) is 17.8 Å². The summed E-state index contributed by atoms with van der Waals surface area (Å²) in [5.41, 5.74) is 2.90. The molecule has 0 radical (unpaired) electrons. The van der Waals surface area contributed by atoms with Gasteiger partial charge in [0.1, 0.15) is 5.82 Å². The third kappa shape index (κ3) is 5.07. The van der Waals surface area contributed by atoms with E-state index in [9.17, 15) is 12.8 Å². The van der Waals surface area contributed by atoms with Crippen LogP contribution in [0.5, 0.6) is 5.75 Å². The van der Waals surface area contributed by atoms with Gasteiger partial charge in [0.2, 0.25) is 16.0 Å². The first-order valence-corrected chi connectivity index (χ1v) is 12.0. The van der Waals surface area contributed by atoms with Crippen LogP contribution in [0, 0.1) is 19.7 Å². The van der Waals surface area contributed by atoms with Crippen molar-refractivity contribution < 1.29 is 17.5 Å².